The molecule has 7 nitrogen and oxygen atoms in total. The van der Waals surface area contributed by atoms with Gasteiger partial charge in [-0.05, 0) is 30.5 Å². The number of H-pyrrole nitrogens is 1. The number of amides is 1. The lowest BCUT2D eigenvalue weighted by molar-refractivity contribution is -0.138. The summed E-state index contributed by atoms with van der Waals surface area (Å²) in [6.45, 7) is 0. The molecule has 2 aliphatic rings. The van der Waals surface area contributed by atoms with Crippen LogP contribution in [0.3, 0.4) is 0 Å². The largest absolute Gasteiger partial charge is 0.480 e. The van der Waals surface area contributed by atoms with Crippen LogP contribution in [0, 0.1) is 5.92 Å². The Balaban J connectivity index is 1.81. The van der Waals surface area contributed by atoms with Gasteiger partial charge < -0.3 is 15.8 Å². The molecule has 1 aromatic carbocycles. The van der Waals surface area contributed by atoms with Crippen LogP contribution in [0.2, 0.25) is 0 Å². The molecule has 4 rings (SSSR count). The summed E-state index contributed by atoms with van der Waals surface area (Å²) >= 11 is 0. The Bertz CT molecular complexity index is 937. The summed E-state index contributed by atoms with van der Waals surface area (Å²) in [5, 5.41) is 14.2. The van der Waals surface area contributed by atoms with Gasteiger partial charge in [0.1, 0.15) is 6.04 Å². The van der Waals surface area contributed by atoms with Crippen LogP contribution in [0.4, 0.5) is 0 Å². The normalized spacial score (nSPS) is 20.0. The highest BCUT2D eigenvalue weighted by Crippen LogP contribution is 2.36. The molecule has 5 N–H and O–H groups in total. The number of carbonyl (C=O) groups excluding carboxylic acids is 1. The number of benzene rings is 1. The van der Waals surface area contributed by atoms with Crippen molar-refractivity contribution in [3.8, 4) is 0 Å². The SMILES string of the molecule is NC(Cc1c(C=C2C(=O)NN=C2C2CC2)[nH]c2ccccc12)C(=O)O. The van der Waals surface area contributed by atoms with Gasteiger partial charge in [0.15, 0.2) is 0 Å². The van der Waals surface area contributed by atoms with Crippen LogP contribution in [0.25, 0.3) is 17.0 Å². The van der Waals surface area contributed by atoms with Crippen LogP contribution in [0.1, 0.15) is 24.1 Å². The molecular weight excluding hydrogens is 320 g/mol. The van der Waals surface area contributed by atoms with Gasteiger partial charge in [-0.3, -0.25) is 9.59 Å². The number of carboxylic acids is 1. The van der Waals surface area contributed by atoms with Gasteiger partial charge in [0.2, 0.25) is 0 Å². The van der Waals surface area contributed by atoms with Crippen molar-refractivity contribution in [2.24, 2.45) is 16.8 Å². The predicted octanol–water partition coefficient (Wildman–Crippen LogP) is 1.40. The lowest BCUT2D eigenvalue weighted by atomic mass is 9.99. The van der Waals surface area contributed by atoms with Crippen molar-refractivity contribution in [3.05, 3.63) is 41.1 Å². The fourth-order valence-electron chi connectivity index (χ4n) is 3.17. The molecular formula is C18H18N4O3. The summed E-state index contributed by atoms with van der Waals surface area (Å²) in [5.74, 6) is -0.948. The van der Waals surface area contributed by atoms with Gasteiger partial charge in [-0.1, -0.05) is 18.2 Å². The number of nitrogens with one attached hydrogen (secondary N) is 2. The number of para-hydroxylation sites is 1. The van der Waals surface area contributed by atoms with E-state index in [2.05, 4.69) is 15.5 Å². The molecule has 1 amide bonds. The van der Waals surface area contributed by atoms with Crippen LogP contribution in [-0.4, -0.2) is 33.7 Å². The summed E-state index contributed by atoms with van der Waals surface area (Å²) in [7, 11) is 0. The number of rotatable bonds is 5. The Morgan fingerprint density at radius 3 is 2.88 bits per heavy atom. The number of carbonyl (C=O) groups is 2. The van der Waals surface area contributed by atoms with E-state index >= 15 is 0 Å². The Hall–Kier alpha value is -2.93. The van der Waals surface area contributed by atoms with E-state index in [4.69, 9.17) is 10.8 Å². The molecule has 0 bridgehead atoms. The second-order valence-corrected chi connectivity index (χ2v) is 6.48. The number of hydrazone groups is 1. The number of aliphatic carboxylic acids is 1. The summed E-state index contributed by atoms with van der Waals surface area (Å²) in [6, 6.07) is 6.61. The molecule has 0 saturated heterocycles. The maximum atomic E-state index is 12.2. The number of nitrogens with two attached hydrogens (primary N) is 1. The monoisotopic (exact) mass is 338 g/mol. The minimum atomic E-state index is -1.05. The molecule has 1 aliphatic heterocycles. The molecule has 0 spiro atoms. The molecule has 1 aromatic heterocycles. The van der Waals surface area contributed by atoms with E-state index in [1.807, 2.05) is 24.3 Å². The van der Waals surface area contributed by atoms with Gasteiger partial charge in [0.05, 0.1) is 11.3 Å². The van der Waals surface area contributed by atoms with Crippen LogP contribution in [0.15, 0.2) is 34.9 Å². The third kappa shape index (κ3) is 2.83. The average molecular weight is 338 g/mol. The molecule has 2 heterocycles. The van der Waals surface area contributed by atoms with Gasteiger partial charge in [0.25, 0.3) is 5.91 Å². The maximum Gasteiger partial charge on any atom is 0.320 e. The van der Waals surface area contributed by atoms with E-state index in [-0.39, 0.29) is 12.3 Å². The molecule has 1 fully saturated rings. The second-order valence-electron chi connectivity index (χ2n) is 6.48. The minimum absolute atomic E-state index is 0.177. The summed E-state index contributed by atoms with van der Waals surface area (Å²) in [6.07, 6.45) is 4.02. The number of aromatic amines is 1. The summed E-state index contributed by atoms with van der Waals surface area (Å²) in [4.78, 5) is 26.6. The zero-order chi connectivity index (χ0) is 17.6. The molecule has 128 valence electrons. The molecule has 1 aliphatic carbocycles. The van der Waals surface area contributed by atoms with Gasteiger partial charge >= 0.3 is 5.97 Å². The van der Waals surface area contributed by atoms with E-state index in [1.165, 1.54) is 0 Å². The Labute approximate surface area is 143 Å². The Kier molecular flexibility index (Phi) is 3.65. The van der Waals surface area contributed by atoms with E-state index in [1.54, 1.807) is 6.08 Å². The quantitative estimate of drug-likeness (QED) is 0.616. The van der Waals surface area contributed by atoms with Crippen molar-refractivity contribution in [2.75, 3.05) is 0 Å². The number of hydrogen-bond donors (Lipinski definition) is 4. The predicted molar refractivity (Wildman–Crippen MR) is 93.9 cm³/mol. The van der Waals surface area contributed by atoms with Crippen LogP contribution in [0.5, 0.6) is 0 Å². The topological polar surface area (TPSA) is 121 Å². The highest BCUT2D eigenvalue weighted by molar-refractivity contribution is 6.28. The lowest BCUT2D eigenvalue weighted by Crippen LogP contribution is -2.32. The van der Waals surface area contributed by atoms with Crippen molar-refractivity contribution >= 4 is 34.6 Å². The first-order valence-electron chi connectivity index (χ1n) is 8.22. The lowest BCUT2D eigenvalue weighted by Gasteiger charge is -2.07. The average Bonchev–Trinajstić information content (AvgIpc) is 3.29. The molecule has 7 heteroatoms. The fraction of sp³-hybridized carbons (Fsp3) is 0.278. The van der Waals surface area contributed by atoms with Crippen LogP contribution >= 0.6 is 0 Å². The summed E-state index contributed by atoms with van der Waals surface area (Å²) < 4.78 is 0. The van der Waals surface area contributed by atoms with E-state index < -0.39 is 12.0 Å². The third-order valence-electron chi connectivity index (χ3n) is 4.64. The highest BCUT2D eigenvalue weighted by atomic mass is 16.4. The first kappa shape index (κ1) is 15.6. The maximum absolute atomic E-state index is 12.2. The van der Waals surface area contributed by atoms with E-state index in [0.717, 1.165) is 35.0 Å². The second kappa shape index (κ2) is 5.86. The van der Waals surface area contributed by atoms with Crippen LogP contribution in [-0.2, 0) is 16.0 Å². The third-order valence-corrected chi connectivity index (χ3v) is 4.64. The van der Waals surface area contributed by atoms with Gasteiger partial charge in [-0.25, -0.2) is 5.43 Å². The van der Waals surface area contributed by atoms with Crippen molar-refractivity contribution in [1.29, 1.82) is 0 Å². The number of aromatic nitrogens is 1. The van der Waals surface area contributed by atoms with Crippen LogP contribution < -0.4 is 11.2 Å². The standard InChI is InChI=1S/C18H18N4O3/c19-13(18(24)25)7-11-10-3-1-2-4-14(10)20-15(11)8-12-16(9-5-6-9)21-22-17(12)23/h1-4,8-9,13,20H,5-7,19H2,(H,22,23)(H,24,25). The molecule has 1 atom stereocenters. The van der Waals surface area contributed by atoms with E-state index in [0.29, 0.717) is 17.2 Å². The van der Waals surface area contributed by atoms with Crippen molar-refractivity contribution < 1.29 is 14.7 Å². The first-order valence-corrected chi connectivity index (χ1v) is 8.22. The smallest absolute Gasteiger partial charge is 0.320 e. The van der Waals surface area contributed by atoms with Crippen molar-refractivity contribution in [2.45, 2.75) is 25.3 Å². The molecule has 2 aromatic rings. The zero-order valence-corrected chi connectivity index (χ0v) is 13.5. The minimum Gasteiger partial charge on any atom is -0.480 e. The molecule has 0 radical (unpaired) electrons. The highest BCUT2D eigenvalue weighted by Gasteiger charge is 2.36. The fourth-order valence-corrected chi connectivity index (χ4v) is 3.17. The zero-order valence-electron chi connectivity index (χ0n) is 13.5. The van der Waals surface area contributed by atoms with Crippen molar-refractivity contribution in [1.82, 2.24) is 10.4 Å². The molecule has 25 heavy (non-hydrogen) atoms. The summed E-state index contributed by atoms with van der Waals surface area (Å²) in [5.41, 5.74) is 12.0. The molecule has 1 saturated carbocycles. The van der Waals surface area contributed by atoms with Crippen molar-refractivity contribution in [3.63, 3.8) is 0 Å². The number of hydrogen-bond acceptors (Lipinski definition) is 4. The number of nitrogens with zero attached hydrogens (tertiary/aromatic N) is 1. The molecule has 1 unspecified atom stereocenters. The first-order chi connectivity index (χ1) is 12.0. The Morgan fingerprint density at radius 1 is 1.40 bits per heavy atom. The number of carboxylic acid groups (broad SMARTS) is 1. The Morgan fingerprint density at radius 2 is 2.16 bits per heavy atom. The number of fused-ring (bicyclic) bond motifs is 1. The van der Waals surface area contributed by atoms with Gasteiger partial charge in [0, 0.05) is 28.9 Å². The van der Waals surface area contributed by atoms with E-state index in [9.17, 15) is 9.59 Å². The van der Waals surface area contributed by atoms with Gasteiger partial charge in [-0.2, -0.15) is 5.10 Å². The van der Waals surface area contributed by atoms with Gasteiger partial charge in [-0.15, -0.1) is 0 Å².